The van der Waals surface area contributed by atoms with Crippen molar-refractivity contribution in [1.82, 2.24) is 4.57 Å². The van der Waals surface area contributed by atoms with Crippen LogP contribution in [0.15, 0.2) is 55.1 Å². The summed E-state index contributed by atoms with van der Waals surface area (Å²) in [6, 6.07) is 13.6. The number of benzene rings is 2. The Morgan fingerprint density at radius 1 is 0.559 bits per heavy atom. The molecule has 0 aliphatic carbocycles. The molecule has 3 rings (SSSR count). The average Bonchev–Trinajstić information content (AvgIpc) is 3.13. The Labute approximate surface area is 214 Å². The summed E-state index contributed by atoms with van der Waals surface area (Å²) in [4.78, 5) is 0. The molecule has 0 atom stereocenters. The molecular weight excluding hydrogens is 436 g/mol. The van der Waals surface area contributed by atoms with Gasteiger partial charge in [0.25, 0.3) is 6.33 Å². The maximum Gasteiger partial charge on any atom is 0.254 e. The van der Waals surface area contributed by atoms with Crippen LogP contribution in [0.5, 0.6) is 0 Å². The minimum absolute atomic E-state index is 0. The molecule has 0 fully saturated rings. The number of para-hydroxylation sites is 2. The zero-order chi connectivity index (χ0) is 25.0. The minimum atomic E-state index is 0. The predicted octanol–water partition coefficient (Wildman–Crippen LogP) is 4.95. The van der Waals surface area contributed by atoms with E-state index in [1.165, 1.54) is 33.6 Å². The first-order chi connectivity index (χ1) is 14.9. The van der Waals surface area contributed by atoms with Crippen LogP contribution >= 0.6 is 0 Å². The van der Waals surface area contributed by atoms with E-state index in [2.05, 4.69) is 147 Å². The number of aromatic nitrogens is 2. The van der Waals surface area contributed by atoms with E-state index >= 15 is 0 Å². The third kappa shape index (κ3) is 5.60. The summed E-state index contributed by atoms with van der Waals surface area (Å²) in [7, 11) is 0. The van der Waals surface area contributed by atoms with Gasteiger partial charge in [0.2, 0.25) is 0 Å². The number of rotatable bonds is 2. The highest BCUT2D eigenvalue weighted by Gasteiger charge is 2.32. The second-order valence-electron chi connectivity index (χ2n) is 13.6. The number of nitrogens with zero attached hydrogens (tertiary/aromatic N) is 2. The summed E-state index contributed by atoms with van der Waals surface area (Å²) >= 11 is 0. The van der Waals surface area contributed by atoms with Gasteiger partial charge >= 0.3 is 0 Å². The van der Waals surface area contributed by atoms with Crippen LogP contribution in [-0.4, -0.2) is 4.57 Å². The molecule has 1 aromatic heterocycles. The van der Waals surface area contributed by atoms with Crippen LogP contribution in [0.25, 0.3) is 11.4 Å². The summed E-state index contributed by atoms with van der Waals surface area (Å²) in [5.41, 5.74) is 8.30. The van der Waals surface area contributed by atoms with E-state index in [1.54, 1.807) is 0 Å². The first-order valence-electron chi connectivity index (χ1n) is 12.3. The molecule has 0 spiro atoms. The molecule has 0 N–H and O–H groups in total. The first kappa shape index (κ1) is 28.2. The molecule has 2 aromatic carbocycles. The van der Waals surface area contributed by atoms with Crippen molar-refractivity contribution in [2.75, 3.05) is 0 Å². The van der Waals surface area contributed by atoms with Gasteiger partial charge in [-0.3, -0.25) is 0 Å². The van der Waals surface area contributed by atoms with Gasteiger partial charge in [0.05, 0.1) is 0 Å². The first-order valence-corrected chi connectivity index (χ1v) is 12.3. The van der Waals surface area contributed by atoms with Crippen molar-refractivity contribution in [2.24, 2.45) is 0 Å². The Kier molecular flexibility index (Phi) is 7.62. The predicted molar refractivity (Wildman–Crippen MR) is 142 cm³/mol. The number of hydrogen-bond donors (Lipinski definition) is 0. The lowest BCUT2D eigenvalue weighted by Gasteiger charge is -2.28. The molecule has 0 aliphatic rings. The Hall–Kier alpha value is -2.06. The SMILES string of the molecule is CC(C)(C)c1cccc(C(C)(C)C)c1-n1cc[n+](-c2c(C(C)(C)C)cccc2C(C)(C)C)c1.[Cl-]. The van der Waals surface area contributed by atoms with Crippen LogP contribution in [-0.2, 0) is 21.7 Å². The standard InChI is InChI=1S/C31H45N2.ClH/c1-28(2,3)22-15-13-16-23(29(4,5)6)26(22)32-19-20-33(21-32)27-24(30(7,8)9)17-14-18-25(27)31(10,11)12;/h13-21H,1-12H3;1H/q+1;/p-1. The molecule has 186 valence electrons. The monoisotopic (exact) mass is 480 g/mol. The minimum Gasteiger partial charge on any atom is -1.00 e. The Morgan fingerprint density at radius 3 is 1.26 bits per heavy atom. The number of imidazole rings is 1. The maximum atomic E-state index is 2.34. The Bertz CT molecular complexity index is 985. The van der Waals surface area contributed by atoms with Crippen molar-refractivity contribution in [3.63, 3.8) is 0 Å². The van der Waals surface area contributed by atoms with Crippen molar-refractivity contribution in [3.05, 3.63) is 77.4 Å². The quantitative estimate of drug-likeness (QED) is 0.459. The van der Waals surface area contributed by atoms with Gasteiger partial charge in [-0.1, -0.05) is 119 Å². The highest BCUT2D eigenvalue weighted by molar-refractivity contribution is 5.54. The lowest BCUT2D eigenvalue weighted by Crippen LogP contribution is -3.00. The van der Waals surface area contributed by atoms with Crippen LogP contribution in [0.4, 0.5) is 0 Å². The molecule has 0 bridgehead atoms. The summed E-state index contributed by atoms with van der Waals surface area (Å²) in [6.45, 7) is 27.7. The van der Waals surface area contributed by atoms with Crippen molar-refractivity contribution >= 4 is 0 Å². The molecule has 0 unspecified atom stereocenters. The second kappa shape index (κ2) is 9.19. The van der Waals surface area contributed by atoms with E-state index in [4.69, 9.17) is 0 Å². The molecule has 3 aromatic rings. The van der Waals surface area contributed by atoms with Crippen LogP contribution in [0.3, 0.4) is 0 Å². The third-order valence-corrected chi connectivity index (χ3v) is 6.46. The summed E-state index contributed by atoms with van der Waals surface area (Å²) in [5, 5.41) is 0. The summed E-state index contributed by atoms with van der Waals surface area (Å²) < 4.78 is 4.68. The lowest BCUT2D eigenvalue weighted by atomic mass is 9.78. The van der Waals surface area contributed by atoms with Crippen molar-refractivity contribution in [1.29, 1.82) is 0 Å². The molecule has 0 amide bonds. The largest absolute Gasteiger partial charge is 1.00 e. The molecule has 2 nitrogen and oxygen atoms in total. The summed E-state index contributed by atoms with van der Waals surface area (Å²) in [5.74, 6) is 0. The van der Waals surface area contributed by atoms with Crippen molar-refractivity contribution in [2.45, 2.75) is 105 Å². The van der Waals surface area contributed by atoms with Crippen LogP contribution in [0.2, 0.25) is 0 Å². The van der Waals surface area contributed by atoms with Gasteiger partial charge in [-0.15, -0.1) is 0 Å². The van der Waals surface area contributed by atoms with Gasteiger partial charge in [0.15, 0.2) is 0 Å². The van der Waals surface area contributed by atoms with E-state index in [1.807, 2.05) is 0 Å². The molecule has 0 radical (unpaired) electrons. The number of halogens is 1. The maximum absolute atomic E-state index is 2.34. The summed E-state index contributed by atoms with van der Waals surface area (Å²) in [6.07, 6.45) is 6.73. The smallest absolute Gasteiger partial charge is 0.254 e. The Balaban J connectivity index is 0.00000408. The van der Waals surface area contributed by atoms with Gasteiger partial charge in [-0.25, -0.2) is 9.13 Å². The highest BCUT2D eigenvalue weighted by Crippen LogP contribution is 2.37. The lowest BCUT2D eigenvalue weighted by molar-refractivity contribution is -0.596. The van der Waals surface area contributed by atoms with Gasteiger partial charge in [0.1, 0.15) is 23.8 Å². The fourth-order valence-corrected chi connectivity index (χ4v) is 4.68. The highest BCUT2D eigenvalue weighted by atomic mass is 35.5. The van der Waals surface area contributed by atoms with E-state index in [0.717, 1.165) is 0 Å². The topological polar surface area (TPSA) is 8.81 Å². The van der Waals surface area contributed by atoms with Gasteiger partial charge in [-0.2, -0.15) is 0 Å². The average molecular weight is 481 g/mol. The molecule has 3 heteroatoms. The van der Waals surface area contributed by atoms with Crippen LogP contribution in [0.1, 0.15) is 105 Å². The van der Waals surface area contributed by atoms with Gasteiger partial charge in [-0.05, 0) is 21.7 Å². The molecule has 0 saturated heterocycles. The van der Waals surface area contributed by atoms with E-state index < -0.39 is 0 Å². The van der Waals surface area contributed by atoms with E-state index in [-0.39, 0.29) is 34.1 Å². The second-order valence-corrected chi connectivity index (χ2v) is 13.6. The fraction of sp³-hybridized carbons (Fsp3) is 0.516. The number of hydrogen-bond acceptors (Lipinski definition) is 0. The Morgan fingerprint density at radius 2 is 0.912 bits per heavy atom. The van der Waals surface area contributed by atoms with Crippen molar-refractivity contribution < 1.29 is 17.0 Å². The van der Waals surface area contributed by atoms with Crippen LogP contribution in [0, 0.1) is 0 Å². The third-order valence-electron chi connectivity index (χ3n) is 6.46. The molecule has 1 heterocycles. The molecule has 34 heavy (non-hydrogen) atoms. The van der Waals surface area contributed by atoms with Gasteiger partial charge in [0, 0.05) is 22.3 Å². The molecular formula is C31H45ClN2. The molecule has 0 saturated carbocycles. The molecule has 0 aliphatic heterocycles. The van der Waals surface area contributed by atoms with Gasteiger partial charge < -0.3 is 12.4 Å². The van der Waals surface area contributed by atoms with E-state index in [9.17, 15) is 0 Å². The van der Waals surface area contributed by atoms with E-state index in [0.29, 0.717) is 0 Å². The normalized spacial score (nSPS) is 13.1. The zero-order valence-corrected chi connectivity index (χ0v) is 24.2. The zero-order valence-electron chi connectivity index (χ0n) is 23.5. The van der Waals surface area contributed by atoms with Crippen LogP contribution < -0.4 is 17.0 Å². The van der Waals surface area contributed by atoms with Crippen molar-refractivity contribution in [3.8, 4) is 11.4 Å². The fourth-order valence-electron chi connectivity index (χ4n) is 4.68.